The van der Waals surface area contributed by atoms with Crippen LogP contribution < -0.4 is 0 Å². The Labute approximate surface area is 377 Å². The number of para-hydroxylation sites is 4. The molecule has 10 aromatic carbocycles. The largest absolute Gasteiger partial charge is 0.309 e. The molecule has 0 saturated heterocycles. The molecule has 0 amide bonds. The fraction of sp³-hybridized carbons (Fsp3) is 0. The lowest BCUT2D eigenvalue weighted by molar-refractivity contribution is 1.13. The third-order valence-electron chi connectivity index (χ3n) is 13.4. The molecule has 0 aliphatic rings. The number of hydrogen-bond acceptors (Lipinski definition) is 3. The predicted octanol–water partition coefficient (Wildman–Crippen LogP) is 16.3. The van der Waals surface area contributed by atoms with Crippen molar-refractivity contribution in [2.24, 2.45) is 0 Å². The van der Waals surface area contributed by atoms with E-state index in [-0.39, 0.29) is 0 Å². The Morgan fingerprint density at radius 2 is 0.877 bits per heavy atom. The molecular formula is C60H36N4S. The van der Waals surface area contributed by atoms with Gasteiger partial charge in [0.15, 0.2) is 0 Å². The first-order valence-electron chi connectivity index (χ1n) is 22.0. The first-order chi connectivity index (χ1) is 32.2. The lowest BCUT2D eigenvalue weighted by Gasteiger charge is -2.16. The second-order valence-electron chi connectivity index (χ2n) is 17.0. The van der Waals surface area contributed by atoms with Gasteiger partial charge in [-0.1, -0.05) is 146 Å². The standard InChI is InChI=1S/C60H36N4S/c1-6-22-53-46(15-1)47-16-2-7-23-54(47)63(53)42-33-41(34-43(35-42)64-55-24-8-3-17-48(55)49-18-4-9-25-56(49)64)58-52-30-28-40-32-38(27-29-44(40)59(52)62-36-61-58)37-13-11-14-39(31-37)45-20-12-21-51-50-19-5-10-26-57(50)65-60(45)51/h1-36H. The van der Waals surface area contributed by atoms with Crippen LogP contribution in [0.5, 0.6) is 0 Å². The van der Waals surface area contributed by atoms with E-state index in [9.17, 15) is 0 Å². The van der Waals surface area contributed by atoms with Crippen molar-refractivity contribution in [2.75, 3.05) is 0 Å². The number of rotatable bonds is 5. The van der Waals surface area contributed by atoms with Crippen LogP contribution in [0.3, 0.4) is 0 Å². The highest BCUT2D eigenvalue weighted by Gasteiger charge is 2.19. The molecule has 65 heavy (non-hydrogen) atoms. The quantitative estimate of drug-likeness (QED) is 0.162. The molecule has 0 bridgehead atoms. The summed E-state index contributed by atoms with van der Waals surface area (Å²) in [6.45, 7) is 0. The van der Waals surface area contributed by atoms with Crippen molar-refractivity contribution < 1.29 is 0 Å². The van der Waals surface area contributed by atoms with Gasteiger partial charge in [-0.15, -0.1) is 11.3 Å². The summed E-state index contributed by atoms with van der Waals surface area (Å²) in [5, 5.41) is 10.8. The monoisotopic (exact) mass is 844 g/mol. The van der Waals surface area contributed by atoms with E-state index in [1.165, 1.54) is 64.0 Å². The Morgan fingerprint density at radius 1 is 0.338 bits per heavy atom. The number of thiophene rings is 1. The minimum Gasteiger partial charge on any atom is -0.309 e. The number of nitrogens with zero attached hydrogens (tertiary/aromatic N) is 4. The molecule has 4 heterocycles. The summed E-state index contributed by atoms with van der Waals surface area (Å²) in [5.74, 6) is 0. The van der Waals surface area contributed by atoms with E-state index in [4.69, 9.17) is 9.97 Å². The van der Waals surface area contributed by atoms with Gasteiger partial charge in [0.05, 0.1) is 33.3 Å². The van der Waals surface area contributed by atoms with Crippen LogP contribution in [0.15, 0.2) is 219 Å². The number of benzene rings is 10. The summed E-state index contributed by atoms with van der Waals surface area (Å²) in [5.41, 5.74) is 14.5. The molecule has 0 fully saturated rings. The Balaban J connectivity index is 0.942. The number of fused-ring (bicyclic) bond motifs is 12. The van der Waals surface area contributed by atoms with Crippen molar-refractivity contribution >= 4 is 96.8 Å². The molecule has 0 spiro atoms. The first-order valence-corrected chi connectivity index (χ1v) is 22.9. The average Bonchev–Trinajstić information content (AvgIpc) is 4.04. The molecule has 0 radical (unpaired) electrons. The van der Waals surface area contributed by atoms with Crippen LogP contribution in [0.1, 0.15) is 0 Å². The van der Waals surface area contributed by atoms with Crippen molar-refractivity contribution in [2.45, 2.75) is 0 Å². The Kier molecular flexibility index (Phi) is 7.82. The van der Waals surface area contributed by atoms with E-state index < -0.39 is 0 Å². The van der Waals surface area contributed by atoms with Crippen LogP contribution in [0.25, 0.3) is 130 Å². The molecular weight excluding hydrogens is 809 g/mol. The van der Waals surface area contributed by atoms with Gasteiger partial charge in [0.25, 0.3) is 0 Å². The summed E-state index contributed by atoms with van der Waals surface area (Å²) in [7, 11) is 0. The first kappa shape index (κ1) is 36.1. The minimum atomic E-state index is 0.897. The van der Waals surface area contributed by atoms with E-state index in [1.807, 2.05) is 11.3 Å². The molecule has 14 aromatic rings. The zero-order chi connectivity index (χ0) is 42.6. The highest BCUT2D eigenvalue weighted by molar-refractivity contribution is 7.26. The summed E-state index contributed by atoms with van der Waals surface area (Å²) < 4.78 is 7.46. The molecule has 0 N–H and O–H groups in total. The highest BCUT2D eigenvalue weighted by atomic mass is 32.1. The molecule has 0 atom stereocenters. The Bertz CT molecular complexity index is 4030. The lowest BCUT2D eigenvalue weighted by atomic mass is 9.95. The molecule has 302 valence electrons. The van der Waals surface area contributed by atoms with Gasteiger partial charge < -0.3 is 9.13 Å². The van der Waals surface area contributed by atoms with E-state index in [1.54, 1.807) is 6.33 Å². The minimum absolute atomic E-state index is 0.897. The molecule has 0 saturated carbocycles. The zero-order valence-corrected chi connectivity index (χ0v) is 35.8. The van der Waals surface area contributed by atoms with Gasteiger partial charge in [0, 0.05) is 69.4 Å². The van der Waals surface area contributed by atoms with Crippen LogP contribution in [0.2, 0.25) is 0 Å². The Morgan fingerprint density at radius 3 is 1.54 bits per heavy atom. The maximum Gasteiger partial charge on any atom is 0.116 e. The molecule has 0 aliphatic carbocycles. The van der Waals surface area contributed by atoms with Gasteiger partial charge in [-0.3, -0.25) is 0 Å². The van der Waals surface area contributed by atoms with Crippen LogP contribution in [-0.4, -0.2) is 19.1 Å². The van der Waals surface area contributed by atoms with Crippen LogP contribution in [0.4, 0.5) is 0 Å². The van der Waals surface area contributed by atoms with Crippen molar-refractivity contribution in [1.82, 2.24) is 19.1 Å². The maximum absolute atomic E-state index is 5.09. The lowest BCUT2D eigenvalue weighted by Crippen LogP contribution is -2.01. The van der Waals surface area contributed by atoms with Gasteiger partial charge >= 0.3 is 0 Å². The highest BCUT2D eigenvalue weighted by Crippen LogP contribution is 2.42. The van der Waals surface area contributed by atoms with Crippen molar-refractivity contribution in [3.8, 4) is 44.9 Å². The van der Waals surface area contributed by atoms with Crippen LogP contribution >= 0.6 is 11.3 Å². The van der Waals surface area contributed by atoms with Crippen molar-refractivity contribution in [3.63, 3.8) is 0 Å². The fourth-order valence-electron chi connectivity index (χ4n) is 10.5. The smallest absolute Gasteiger partial charge is 0.116 e. The number of aromatic nitrogens is 4. The number of hydrogen-bond donors (Lipinski definition) is 0. The second kappa shape index (κ2) is 14.1. The predicted molar refractivity (Wildman–Crippen MR) is 275 cm³/mol. The van der Waals surface area contributed by atoms with Gasteiger partial charge in [0.1, 0.15) is 6.33 Å². The third kappa shape index (κ3) is 5.49. The van der Waals surface area contributed by atoms with E-state index >= 15 is 0 Å². The van der Waals surface area contributed by atoms with Crippen molar-refractivity contribution in [1.29, 1.82) is 0 Å². The maximum atomic E-state index is 5.09. The van der Waals surface area contributed by atoms with Crippen LogP contribution in [0, 0.1) is 0 Å². The van der Waals surface area contributed by atoms with E-state index in [0.717, 1.165) is 66.4 Å². The molecule has 4 aromatic heterocycles. The summed E-state index contributed by atoms with van der Waals surface area (Å²) in [6, 6.07) is 77.4. The van der Waals surface area contributed by atoms with Crippen LogP contribution in [-0.2, 0) is 0 Å². The topological polar surface area (TPSA) is 35.6 Å². The van der Waals surface area contributed by atoms with E-state index in [0.29, 0.717) is 0 Å². The zero-order valence-electron chi connectivity index (χ0n) is 35.0. The summed E-state index contributed by atoms with van der Waals surface area (Å²) in [6.07, 6.45) is 1.73. The third-order valence-corrected chi connectivity index (χ3v) is 14.6. The van der Waals surface area contributed by atoms with Gasteiger partial charge in [-0.05, 0) is 94.4 Å². The van der Waals surface area contributed by atoms with Crippen molar-refractivity contribution in [3.05, 3.63) is 219 Å². The van der Waals surface area contributed by atoms with Gasteiger partial charge in [-0.2, -0.15) is 0 Å². The molecule has 4 nitrogen and oxygen atoms in total. The second-order valence-corrected chi connectivity index (χ2v) is 18.0. The molecule has 0 aliphatic heterocycles. The molecule has 0 unspecified atom stereocenters. The SMILES string of the molecule is c1cc(-c2ccc3c(ccc4c(-c5cc(-n6c7ccccc7c7ccccc76)cc(-n6c7ccccc7c7ccccc76)c5)ncnc43)c2)cc(-c2cccc3c2sc2ccccc23)c1. The average molecular weight is 845 g/mol. The van der Waals surface area contributed by atoms with E-state index in [2.05, 4.69) is 221 Å². The Hall–Kier alpha value is -8.38. The van der Waals surface area contributed by atoms with Gasteiger partial charge in [-0.25, -0.2) is 9.97 Å². The summed E-state index contributed by atoms with van der Waals surface area (Å²) in [4.78, 5) is 10.1. The summed E-state index contributed by atoms with van der Waals surface area (Å²) >= 11 is 1.87. The molecule has 5 heteroatoms. The molecule has 14 rings (SSSR count). The fourth-order valence-corrected chi connectivity index (χ4v) is 11.7. The van der Waals surface area contributed by atoms with Gasteiger partial charge in [0.2, 0.25) is 0 Å². The normalized spacial score (nSPS) is 12.0.